The van der Waals surface area contributed by atoms with E-state index in [-0.39, 0.29) is 11.9 Å². The molecule has 0 aliphatic carbocycles. The number of anilines is 1. The molecule has 1 aromatic rings. The lowest BCUT2D eigenvalue weighted by atomic mass is 10.2. The molecule has 0 bridgehead atoms. The summed E-state index contributed by atoms with van der Waals surface area (Å²) in [4.78, 5) is 0. The first-order valence-corrected chi connectivity index (χ1v) is 6.27. The minimum Gasteiger partial charge on any atom is -0.382 e. The highest BCUT2D eigenvalue weighted by atomic mass is 79.9. The van der Waals surface area contributed by atoms with Gasteiger partial charge < -0.3 is 10.1 Å². The smallest absolute Gasteiger partial charge is 0.139 e. The van der Waals surface area contributed by atoms with Crippen LogP contribution in [0.25, 0.3) is 0 Å². The molecule has 1 heterocycles. The van der Waals surface area contributed by atoms with Crippen LogP contribution in [0.3, 0.4) is 0 Å². The molecule has 0 saturated carbocycles. The quantitative estimate of drug-likeness (QED) is 0.919. The van der Waals surface area contributed by atoms with Gasteiger partial charge in [0.2, 0.25) is 0 Å². The predicted molar refractivity (Wildman–Crippen MR) is 66.3 cm³/mol. The lowest BCUT2D eigenvalue weighted by Gasteiger charge is -2.14. The minimum atomic E-state index is -0.236. The van der Waals surface area contributed by atoms with E-state index in [1.54, 1.807) is 6.07 Å². The van der Waals surface area contributed by atoms with Crippen LogP contribution in [-0.4, -0.2) is 19.3 Å². The molecule has 0 amide bonds. The topological polar surface area (TPSA) is 21.3 Å². The Bertz CT molecular complexity index is 378. The Morgan fingerprint density at radius 2 is 2.38 bits per heavy atom. The van der Waals surface area contributed by atoms with Gasteiger partial charge >= 0.3 is 0 Å². The number of benzene rings is 1. The van der Waals surface area contributed by atoms with E-state index in [0.29, 0.717) is 4.47 Å². The predicted octanol–water partition coefficient (Wildman–Crippen LogP) is 3.49. The van der Waals surface area contributed by atoms with Crippen LogP contribution in [0.4, 0.5) is 10.1 Å². The van der Waals surface area contributed by atoms with E-state index < -0.39 is 0 Å². The normalized spacial score (nSPS) is 20.1. The lowest BCUT2D eigenvalue weighted by Crippen LogP contribution is -2.18. The van der Waals surface area contributed by atoms with Crippen molar-refractivity contribution in [3.8, 4) is 0 Å². The first kappa shape index (κ1) is 11.9. The first-order chi connectivity index (χ1) is 7.66. The number of ether oxygens (including phenoxy) is 1. The maximum absolute atomic E-state index is 13.3. The van der Waals surface area contributed by atoms with Crippen LogP contribution in [0.15, 0.2) is 16.6 Å². The van der Waals surface area contributed by atoms with Crippen molar-refractivity contribution in [3.63, 3.8) is 0 Å². The first-order valence-electron chi connectivity index (χ1n) is 5.48. The summed E-state index contributed by atoms with van der Waals surface area (Å²) in [5.74, 6) is -0.236. The van der Waals surface area contributed by atoms with Gasteiger partial charge in [0.15, 0.2) is 0 Å². The number of hydrogen-bond acceptors (Lipinski definition) is 2. The summed E-state index contributed by atoms with van der Waals surface area (Å²) in [5, 5.41) is 3.24. The molecule has 0 spiro atoms. The van der Waals surface area contributed by atoms with Crippen LogP contribution < -0.4 is 5.32 Å². The summed E-state index contributed by atoms with van der Waals surface area (Å²) in [6, 6.07) is 3.31. The van der Waals surface area contributed by atoms with E-state index in [2.05, 4.69) is 21.2 Å². The molecule has 2 rings (SSSR count). The molecule has 88 valence electrons. The van der Waals surface area contributed by atoms with Gasteiger partial charge in [0, 0.05) is 18.8 Å². The number of aryl methyl sites for hydroxylation is 1. The SMILES string of the molecule is Cc1cc(Br)c(F)cc1NCC1CCCO1. The second-order valence-electron chi connectivity index (χ2n) is 4.10. The van der Waals surface area contributed by atoms with Crippen molar-refractivity contribution >= 4 is 21.6 Å². The molecule has 1 N–H and O–H groups in total. The third-order valence-electron chi connectivity index (χ3n) is 2.81. The molecule has 1 aliphatic rings. The molecular weight excluding hydrogens is 273 g/mol. The summed E-state index contributed by atoms with van der Waals surface area (Å²) >= 11 is 3.17. The fourth-order valence-corrected chi connectivity index (χ4v) is 2.32. The van der Waals surface area contributed by atoms with Crippen LogP contribution in [0, 0.1) is 12.7 Å². The largest absolute Gasteiger partial charge is 0.382 e. The van der Waals surface area contributed by atoms with Gasteiger partial charge in [-0.15, -0.1) is 0 Å². The fraction of sp³-hybridized carbons (Fsp3) is 0.500. The van der Waals surface area contributed by atoms with E-state index >= 15 is 0 Å². The summed E-state index contributed by atoms with van der Waals surface area (Å²) in [6.45, 7) is 3.56. The van der Waals surface area contributed by atoms with E-state index in [9.17, 15) is 4.39 Å². The molecule has 1 atom stereocenters. The van der Waals surface area contributed by atoms with Crippen molar-refractivity contribution < 1.29 is 9.13 Å². The molecular formula is C12H15BrFNO. The third kappa shape index (κ3) is 2.74. The Morgan fingerprint density at radius 1 is 1.56 bits per heavy atom. The molecule has 0 aromatic heterocycles. The molecule has 1 unspecified atom stereocenters. The van der Waals surface area contributed by atoms with Crippen molar-refractivity contribution in [2.24, 2.45) is 0 Å². The van der Waals surface area contributed by atoms with Crippen LogP contribution in [0.1, 0.15) is 18.4 Å². The van der Waals surface area contributed by atoms with Gasteiger partial charge in [0.05, 0.1) is 10.6 Å². The lowest BCUT2D eigenvalue weighted by molar-refractivity contribution is 0.120. The summed E-state index contributed by atoms with van der Waals surface area (Å²) in [6.07, 6.45) is 2.48. The standard InChI is InChI=1S/C12H15BrFNO/c1-8-5-10(13)11(14)6-12(8)15-7-9-3-2-4-16-9/h5-6,9,15H,2-4,7H2,1H3. The van der Waals surface area contributed by atoms with E-state index in [1.807, 2.05) is 6.92 Å². The van der Waals surface area contributed by atoms with Gasteiger partial charge in [0.1, 0.15) is 5.82 Å². The maximum atomic E-state index is 13.3. The van der Waals surface area contributed by atoms with Crippen molar-refractivity contribution in [3.05, 3.63) is 28.0 Å². The van der Waals surface area contributed by atoms with Crippen molar-refractivity contribution in [1.29, 1.82) is 0 Å². The Balaban J connectivity index is 2.00. The third-order valence-corrected chi connectivity index (χ3v) is 3.42. The zero-order chi connectivity index (χ0) is 11.5. The van der Waals surface area contributed by atoms with Crippen LogP contribution >= 0.6 is 15.9 Å². The Morgan fingerprint density at radius 3 is 3.06 bits per heavy atom. The highest BCUT2D eigenvalue weighted by Gasteiger charge is 2.15. The molecule has 2 nitrogen and oxygen atoms in total. The second-order valence-corrected chi connectivity index (χ2v) is 4.95. The average Bonchev–Trinajstić information content (AvgIpc) is 2.74. The maximum Gasteiger partial charge on any atom is 0.139 e. The molecule has 1 fully saturated rings. The van der Waals surface area contributed by atoms with E-state index in [0.717, 1.165) is 37.2 Å². The average molecular weight is 288 g/mol. The Labute approximate surface area is 103 Å². The monoisotopic (exact) mass is 287 g/mol. The van der Waals surface area contributed by atoms with E-state index in [4.69, 9.17) is 4.74 Å². The Hall–Kier alpha value is -0.610. The molecule has 1 saturated heterocycles. The zero-order valence-electron chi connectivity index (χ0n) is 9.22. The van der Waals surface area contributed by atoms with Crippen LogP contribution in [-0.2, 0) is 4.74 Å². The molecule has 1 aliphatic heterocycles. The zero-order valence-corrected chi connectivity index (χ0v) is 10.8. The molecule has 1 aromatic carbocycles. The summed E-state index contributed by atoms with van der Waals surface area (Å²) in [5.41, 5.74) is 1.88. The van der Waals surface area contributed by atoms with Gasteiger partial charge in [-0.05, 0) is 53.4 Å². The second kappa shape index (κ2) is 5.15. The minimum absolute atomic E-state index is 0.236. The van der Waals surface area contributed by atoms with Crippen molar-refractivity contribution in [2.45, 2.75) is 25.9 Å². The van der Waals surface area contributed by atoms with Crippen LogP contribution in [0.5, 0.6) is 0 Å². The molecule has 4 heteroatoms. The summed E-state index contributed by atoms with van der Waals surface area (Å²) in [7, 11) is 0. The van der Waals surface area contributed by atoms with Gasteiger partial charge in [-0.2, -0.15) is 0 Å². The number of halogens is 2. The van der Waals surface area contributed by atoms with Gasteiger partial charge in [-0.1, -0.05) is 0 Å². The van der Waals surface area contributed by atoms with Crippen molar-refractivity contribution in [1.82, 2.24) is 0 Å². The van der Waals surface area contributed by atoms with Gasteiger partial charge in [0.25, 0.3) is 0 Å². The summed E-state index contributed by atoms with van der Waals surface area (Å²) < 4.78 is 19.4. The molecule has 16 heavy (non-hydrogen) atoms. The highest BCUT2D eigenvalue weighted by Crippen LogP contribution is 2.24. The number of hydrogen-bond donors (Lipinski definition) is 1. The Kier molecular flexibility index (Phi) is 3.82. The van der Waals surface area contributed by atoms with Gasteiger partial charge in [-0.25, -0.2) is 4.39 Å². The fourth-order valence-electron chi connectivity index (χ4n) is 1.87. The highest BCUT2D eigenvalue weighted by molar-refractivity contribution is 9.10. The number of rotatable bonds is 3. The van der Waals surface area contributed by atoms with Crippen molar-refractivity contribution in [2.75, 3.05) is 18.5 Å². The van der Waals surface area contributed by atoms with E-state index in [1.165, 1.54) is 6.07 Å². The molecule has 0 radical (unpaired) electrons. The van der Waals surface area contributed by atoms with Crippen LogP contribution in [0.2, 0.25) is 0 Å². The number of nitrogens with one attached hydrogen (secondary N) is 1. The van der Waals surface area contributed by atoms with Gasteiger partial charge in [-0.3, -0.25) is 0 Å².